The van der Waals surface area contributed by atoms with Gasteiger partial charge in [0.1, 0.15) is 5.69 Å². The van der Waals surface area contributed by atoms with Gasteiger partial charge < -0.3 is 14.4 Å². The summed E-state index contributed by atoms with van der Waals surface area (Å²) in [4.78, 5) is 19.8. The van der Waals surface area contributed by atoms with Crippen molar-refractivity contribution in [3.8, 4) is 11.5 Å². The summed E-state index contributed by atoms with van der Waals surface area (Å²) >= 11 is 6.35. The van der Waals surface area contributed by atoms with Crippen molar-refractivity contribution in [2.24, 2.45) is 0 Å². The number of aliphatic hydroxyl groups excluding tert-OH is 1. The second-order valence-corrected chi connectivity index (χ2v) is 6.88. The number of amides is 1. The number of aliphatic hydroxyl groups is 1. The SMILES string of the molecule is O=C(c1cc(-c2ccco2)nc2c(Cl)cccc12)N1CCCC1CCO. The van der Waals surface area contributed by atoms with Crippen molar-refractivity contribution in [2.75, 3.05) is 13.2 Å². The van der Waals surface area contributed by atoms with Gasteiger partial charge in [-0.05, 0) is 43.5 Å². The number of hydrogen-bond acceptors (Lipinski definition) is 4. The Morgan fingerprint density at radius 3 is 3.00 bits per heavy atom. The summed E-state index contributed by atoms with van der Waals surface area (Å²) < 4.78 is 5.46. The highest BCUT2D eigenvalue weighted by Crippen LogP contribution is 2.31. The number of fused-ring (bicyclic) bond motifs is 1. The molecule has 1 N–H and O–H groups in total. The number of aromatic nitrogens is 1. The third-order valence-corrected chi connectivity index (χ3v) is 5.20. The Hall–Kier alpha value is -2.37. The number of benzene rings is 1. The fraction of sp³-hybridized carbons (Fsp3) is 0.300. The molecular formula is C20H19ClN2O3. The zero-order valence-corrected chi connectivity index (χ0v) is 14.9. The molecular weight excluding hydrogens is 352 g/mol. The highest BCUT2D eigenvalue weighted by molar-refractivity contribution is 6.35. The highest BCUT2D eigenvalue weighted by Gasteiger charge is 2.30. The first-order valence-corrected chi connectivity index (χ1v) is 9.12. The molecule has 0 spiro atoms. The first kappa shape index (κ1) is 17.1. The largest absolute Gasteiger partial charge is 0.463 e. The Kier molecular flexibility index (Phi) is 4.66. The highest BCUT2D eigenvalue weighted by atomic mass is 35.5. The van der Waals surface area contributed by atoms with Crippen LogP contribution in [0.5, 0.6) is 0 Å². The molecule has 0 bridgehead atoms. The van der Waals surface area contributed by atoms with E-state index in [0.717, 1.165) is 18.2 Å². The zero-order chi connectivity index (χ0) is 18.1. The fourth-order valence-corrected chi connectivity index (χ4v) is 3.86. The molecule has 0 saturated carbocycles. The Morgan fingerprint density at radius 2 is 2.23 bits per heavy atom. The summed E-state index contributed by atoms with van der Waals surface area (Å²) in [5.41, 5.74) is 1.73. The van der Waals surface area contributed by atoms with Crippen LogP contribution in [0.15, 0.2) is 47.1 Å². The Balaban J connectivity index is 1.85. The monoisotopic (exact) mass is 370 g/mol. The van der Waals surface area contributed by atoms with Gasteiger partial charge >= 0.3 is 0 Å². The molecule has 1 amide bonds. The molecule has 26 heavy (non-hydrogen) atoms. The minimum atomic E-state index is -0.0524. The lowest BCUT2D eigenvalue weighted by Crippen LogP contribution is -2.36. The molecule has 1 aromatic carbocycles. The molecule has 1 atom stereocenters. The molecule has 2 aromatic heterocycles. The van der Waals surface area contributed by atoms with Crippen LogP contribution in [0.4, 0.5) is 0 Å². The van der Waals surface area contributed by atoms with Crippen molar-refractivity contribution in [3.05, 3.63) is 53.2 Å². The van der Waals surface area contributed by atoms with E-state index in [2.05, 4.69) is 4.98 Å². The lowest BCUT2D eigenvalue weighted by atomic mass is 10.0. The van der Waals surface area contributed by atoms with E-state index in [-0.39, 0.29) is 18.6 Å². The topological polar surface area (TPSA) is 66.6 Å². The van der Waals surface area contributed by atoms with Crippen LogP contribution in [0.3, 0.4) is 0 Å². The van der Waals surface area contributed by atoms with Gasteiger partial charge in [0, 0.05) is 24.6 Å². The molecule has 6 heteroatoms. The van der Waals surface area contributed by atoms with Crippen LogP contribution in [0.2, 0.25) is 5.02 Å². The number of nitrogens with zero attached hydrogens (tertiary/aromatic N) is 2. The number of carbonyl (C=O) groups excluding carboxylic acids is 1. The molecule has 1 fully saturated rings. The maximum Gasteiger partial charge on any atom is 0.254 e. The van der Waals surface area contributed by atoms with E-state index < -0.39 is 0 Å². The van der Waals surface area contributed by atoms with Gasteiger partial charge in [-0.15, -0.1) is 0 Å². The number of carbonyl (C=O) groups is 1. The quantitative estimate of drug-likeness (QED) is 0.749. The molecule has 5 nitrogen and oxygen atoms in total. The van der Waals surface area contributed by atoms with E-state index in [1.165, 1.54) is 0 Å². The molecule has 1 saturated heterocycles. The normalized spacial score (nSPS) is 17.2. The molecule has 3 heterocycles. The number of halogens is 1. The minimum absolute atomic E-state index is 0.0524. The third kappa shape index (κ3) is 2.97. The van der Waals surface area contributed by atoms with Crippen molar-refractivity contribution in [1.82, 2.24) is 9.88 Å². The van der Waals surface area contributed by atoms with Gasteiger partial charge in [0.05, 0.1) is 22.4 Å². The van der Waals surface area contributed by atoms with Gasteiger partial charge in [-0.2, -0.15) is 0 Å². The Labute approximate surface area is 156 Å². The van der Waals surface area contributed by atoms with Gasteiger partial charge in [0.25, 0.3) is 5.91 Å². The number of pyridine rings is 1. The standard InChI is InChI=1S/C20H19ClN2O3/c21-16-6-1-5-14-15(20(25)23-9-2-4-13(23)8-10-24)12-17(22-19(14)16)18-7-3-11-26-18/h1,3,5-7,11-13,24H,2,4,8-10H2. The summed E-state index contributed by atoms with van der Waals surface area (Å²) in [5.74, 6) is 0.539. The van der Waals surface area contributed by atoms with Crippen molar-refractivity contribution >= 4 is 28.4 Å². The van der Waals surface area contributed by atoms with E-state index in [0.29, 0.717) is 40.5 Å². The maximum atomic E-state index is 13.3. The van der Waals surface area contributed by atoms with E-state index in [9.17, 15) is 9.90 Å². The van der Waals surface area contributed by atoms with E-state index >= 15 is 0 Å². The number of likely N-dealkylation sites (tertiary alicyclic amines) is 1. The zero-order valence-electron chi connectivity index (χ0n) is 14.2. The lowest BCUT2D eigenvalue weighted by molar-refractivity contribution is 0.0718. The van der Waals surface area contributed by atoms with Crippen LogP contribution in [-0.2, 0) is 0 Å². The van der Waals surface area contributed by atoms with Crippen molar-refractivity contribution in [3.63, 3.8) is 0 Å². The van der Waals surface area contributed by atoms with Crippen LogP contribution in [-0.4, -0.2) is 40.1 Å². The van der Waals surface area contributed by atoms with E-state index in [1.807, 2.05) is 23.1 Å². The Bertz CT molecular complexity index is 940. The first-order chi connectivity index (χ1) is 12.7. The minimum Gasteiger partial charge on any atom is -0.463 e. The summed E-state index contributed by atoms with van der Waals surface area (Å²) in [7, 11) is 0. The second kappa shape index (κ2) is 7.09. The predicted molar refractivity (Wildman–Crippen MR) is 100 cm³/mol. The molecule has 0 aliphatic carbocycles. The lowest BCUT2D eigenvalue weighted by Gasteiger charge is -2.25. The molecule has 134 valence electrons. The molecule has 3 aromatic rings. The number of hydrogen-bond donors (Lipinski definition) is 1. The van der Waals surface area contributed by atoms with Crippen LogP contribution in [0.1, 0.15) is 29.6 Å². The fourth-order valence-electron chi connectivity index (χ4n) is 3.65. The van der Waals surface area contributed by atoms with Crippen LogP contribution >= 0.6 is 11.6 Å². The van der Waals surface area contributed by atoms with Crippen molar-refractivity contribution in [1.29, 1.82) is 0 Å². The maximum absolute atomic E-state index is 13.3. The summed E-state index contributed by atoms with van der Waals surface area (Å²) in [5, 5.41) is 10.5. The van der Waals surface area contributed by atoms with E-state index in [4.69, 9.17) is 16.0 Å². The Morgan fingerprint density at radius 1 is 1.35 bits per heavy atom. The number of rotatable bonds is 4. The van der Waals surface area contributed by atoms with Crippen LogP contribution in [0.25, 0.3) is 22.4 Å². The van der Waals surface area contributed by atoms with Gasteiger partial charge in [0.2, 0.25) is 0 Å². The first-order valence-electron chi connectivity index (χ1n) is 8.74. The van der Waals surface area contributed by atoms with Gasteiger partial charge in [0.15, 0.2) is 5.76 Å². The average molecular weight is 371 g/mol. The van der Waals surface area contributed by atoms with Crippen molar-refractivity contribution in [2.45, 2.75) is 25.3 Å². The van der Waals surface area contributed by atoms with Gasteiger partial charge in [-0.1, -0.05) is 23.7 Å². The second-order valence-electron chi connectivity index (χ2n) is 6.48. The summed E-state index contributed by atoms with van der Waals surface area (Å²) in [6.07, 6.45) is 4.04. The van der Waals surface area contributed by atoms with Crippen LogP contribution < -0.4 is 0 Å². The number of para-hydroxylation sites is 1. The predicted octanol–water partition coefficient (Wildman–Crippen LogP) is 4.14. The summed E-state index contributed by atoms with van der Waals surface area (Å²) in [6.45, 7) is 0.777. The molecule has 4 rings (SSSR count). The average Bonchev–Trinajstić information content (AvgIpc) is 3.33. The van der Waals surface area contributed by atoms with Gasteiger partial charge in [-0.3, -0.25) is 4.79 Å². The smallest absolute Gasteiger partial charge is 0.254 e. The van der Waals surface area contributed by atoms with E-state index in [1.54, 1.807) is 24.5 Å². The molecule has 1 aliphatic rings. The van der Waals surface area contributed by atoms with Crippen molar-refractivity contribution < 1.29 is 14.3 Å². The summed E-state index contributed by atoms with van der Waals surface area (Å²) in [6, 6.07) is 10.9. The number of furan rings is 1. The molecule has 1 aliphatic heterocycles. The van der Waals surface area contributed by atoms with Gasteiger partial charge in [-0.25, -0.2) is 4.98 Å². The molecule has 0 radical (unpaired) electrons. The molecule has 1 unspecified atom stereocenters. The third-order valence-electron chi connectivity index (χ3n) is 4.89. The van der Waals surface area contributed by atoms with Crippen LogP contribution in [0, 0.1) is 0 Å².